The molecule has 0 unspecified atom stereocenters. The molecule has 2 heterocycles. The Kier molecular flexibility index (Phi) is 1.49. The summed E-state index contributed by atoms with van der Waals surface area (Å²) in [5.41, 5.74) is 1.52. The minimum Gasteiger partial charge on any atom is -0.305 e. The van der Waals surface area contributed by atoms with Crippen LogP contribution in [0, 0.1) is 12.3 Å². The molecular formula is C7H9N3S. The standard InChI is InChI=1S/C7H9N3S/c1-5-4-6(8)10-2-3-11-7(10)9-5/h4,8H,2-3H2,1H3. The molecule has 0 aromatic carbocycles. The summed E-state index contributed by atoms with van der Waals surface area (Å²) in [6, 6.07) is 1.80. The number of aromatic nitrogens is 2. The highest BCUT2D eigenvalue weighted by Gasteiger charge is 2.11. The van der Waals surface area contributed by atoms with Crippen LogP contribution in [0.2, 0.25) is 0 Å². The molecule has 1 aromatic rings. The quantitative estimate of drug-likeness (QED) is 0.580. The molecule has 0 saturated heterocycles. The van der Waals surface area contributed by atoms with Crippen LogP contribution in [-0.4, -0.2) is 15.3 Å². The van der Waals surface area contributed by atoms with Gasteiger partial charge in [0.1, 0.15) is 5.49 Å². The van der Waals surface area contributed by atoms with Gasteiger partial charge in [-0.3, -0.25) is 5.41 Å². The van der Waals surface area contributed by atoms with E-state index >= 15 is 0 Å². The van der Waals surface area contributed by atoms with Crippen LogP contribution in [-0.2, 0) is 6.54 Å². The Labute approximate surface area is 69.0 Å². The van der Waals surface area contributed by atoms with Crippen molar-refractivity contribution in [2.45, 2.75) is 18.6 Å². The highest BCUT2D eigenvalue weighted by atomic mass is 32.2. The molecule has 1 aliphatic rings. The fourth-order valence-electron chi connectivity index (χ4n) is 1.18. The van der Waals surface area contributed by atoms with Gasteiger partial charge in [0.25, 0.3) is 0 Å². The molecule has 0 fully saturated rings. The molecule has 3 nitrogen and oxygen atoms in total. The minimum atomic E-state index is 0.581. The molecule has 0 spiro atoms. The van der Waals surface area contributed by atoms with E-state index in [0.29, 0.717) is 5.49 Å². The van der Waals surface area contributed by atoms with Gasteiger partial charge in [-0.1, -0.05) is 11.8 Å². The van der Waals surface area contributed by atoms with Gasteiger partial charge in [0.05, 0.1) is 0 Å². The van der Waals surface area contributed by atoms with Crippen LogP contribution in [0.15, 0.2) is 11.2 Å². The topological polar surface area (TPSA) is 41.7 Å². The van der Waals surface area contributed by atoms with E-state index in [1.165, 1.54) is 0 Å². The predicted molar refractivity (Wildman–Crippen MR) is 43.5 cm³/mol. The first-order valence-corrected chi connectivity index (χ1v) is 4.52. The molecule has 11 heavy (non-hydrogen) atoms. The lowest BCUT2D eigenvalue weighted by Gasteiger charge is -2.01. The van der Waals surface area contributed by atoms with Gasteiger partial charge in [0, 0.05) is 24.1 Å². The van der Waals surface area contributed by atoms with E-state index < -0.39 is 0 Å². The van der Waals surface area contributed by atoms with Crippen molar-refractivity contribution in [3.8, 4) is 0 Å². The van der Waals surface area contributed by atoms with E-state index in [2.05, 4.69) is 4.98 Å². The molecule has 1 aromatic heterocycles. The number of aryl methyl sites for hydroxylation is 1. The van der Waals surface area contributed by atoms with Crippen LogP contribution in [0.25, 0.3) is 0 Å². The zero-order valence-corrected chi connectivity index (χ0v) is 7.11. The number of nitrogens with zero attached hydrogens (tertiary/aromatic N) is 2. The van der Waals surface area contributed by atoms with Crippen LogP contribution >= 0.6 is 11.8 Å². The van der Waals surface area contributed by atoms with E-state index in [1.807, 2.05) is 11.5 Å². The van der Waals surface area contributed by atoms with Crippen LogP contribution in [0.1, 0.15) is 5.69 Å². The third kappa shape index (κ3) is 1.07. The number of hydrogen-bond donors (Lipinski definition) is 1. The lowest BCUT2D eigenvalue weighted by atomic mass is 10.4. The van der Waals surface area contributed by atoms with Crippen LogP contribution in [0.4, 0.5) is 0 Å². The molecule has 0 saturated carbocycles. The highest BCUT2D eigenvalue weighted by Crippen LogP contribution is 2.20. The first-order valence-electron chi connectivity index (χ1n) is 3.53. The average Bonchev–Trinajstić information content (AvgIpc) is 2.34. The SMILES string of the molecule is Cc1cc(=N)n2c(n1)SCC2. The summed E-state index contributed by atoms with van der Waals surface area (Å²) in [5, 5.41) is 8.60. The third-order valence-electron chi connectivity index (χ3n) is 1.69. The largest absolute Gasteiger partial charge is 0.305 e. The first-order chi connectivity index (χ1) is 5.27. The van der Waals surface area contributed by atoms with E-state index in [1.54, 1.807) is 17.8 Å². The van der Waals surface area contributed by atoms with E-state index in [-0.39, 0.29) is 0 Å². The number of nitrogens with one attached hydrogen (secondary N) is 1. The third-order valence-corrected chi connectivity index (χ3v) is 2.64. The second kappa shape index (κ2) is 2.37. The Morgan fingerprint density at radius 1 is 1.73 bits per heavy atom. The molecule has 0 radical (unpaired) electrons. The Bertz CT molecular complexity index is 342. The maximum Gasteiger partial charge on any atom is 0.169 e. The Balaban J connectivity index is 2.70. The summed E-state index contributed by atoms with van der Waals surface area (Å²) in [7, 11) is 0. The second-order valence-electron chi connectivity index (χ2n) is 2.57. The van der Waals surface area contributed by atoms with Crippen molar-refractivity contribution in [1.82, 2.24) is 9.55 Å². The molecule has 1 N–H and O–H groups in total. The number of thioether (sulfide) groups is 1. The monoisotopic (exact) mass is 167 g/mol. The molecule has 0 amide bonds. The van der Waals surface area contributed by atoms with Crippen LogP contribution in [0.5, 0.6) is 0 Å². The number of fused-ring (bicyclic) bond motifs is 1. The van der Waals surface area contributed by atoms with Crippen molar-refractivity contribution in [3.63, 3.8) is 0 Å². The first kappa shape index (κ1) is 6.91. The second-order valence-corrected chi connectivity index (χ2v) is 3.63. The molecule has 4 heteroatoms. The maximum atomic E-state index is 7.60. The van der Waals surface area contributed by atoms with Gasteiger partial charge in [-0.25, -0.2) is 4.98 Å². The Morgan fingerprint density at radius 2 is 2.55 bits per heavy atom. The molecule has 1 aliphatic heterocycles. The van der Waals surface area contributed by atoms with Crippen molar-refractivity contribution < 1.29 is 0 Å². The zero-order valence-electron chi connectivity index (χ0n) is 6.29. The highest BCUT2D eigenvalue weighted by molar-refractivity contribution is 7.99. The summed E-state index contributed by atoms with van der Waals surface area (Å²) < 4.78 is 1.94. The van der Waals surface area contributed by atoms with Crippen molar-refractivity contribution in [2.24, 2.45) is 0 Å². The van der Waals surface area contributed by atoms with Gasteiger partial charge in [-0.2, -0.15) is 0 Å². The lowest BCUT2D eigenvalue weighted by Crippen LogP contribution is -2.19. The summed E-state index contributed by atoms with van der Waals surface area (Å²) in [5.74, 6) is 1.06. The molecule has 0 aliphatic carbocycles. The Morgan fingerprint density at radius 3 is 3.36 bits per heavy atom. The van der Waals surface area contributed by atoms with Gasteiger partial charge < -0.3 is 4.57 Å². The van der Waals surface area contributed by atoms with Crippen molar-refractivity contribution in [1.29, 1.82) is 5.41 Å². The normalized spacial score (nSPS) is 15.0. The Hall–Kier alpha value is -0.770. The molecular weight excluding hydrogens is 158 g/mol. The molecule has 58 valence electrons. The van der Waals surface area contributed by atoms with Gasteiger partial charge >= 0.3 is 0 Å². The smallest absolute Gasteiger partial charge is 0.169 e. The lowest BCUT2D eigenvalue weighted by molar-refractivity contribution is 0.629. The summed E-state index contributed by atoms with van der Waals surface area (Å²) in [6.45, 7) is 2.86. The summed E-state index contributed by atoms with van der Waals surface area (Å²) in [6.07, 6.45) is 0. The fraction of sp³-hybridized carbons (Fsp3) is 0.429. The van der Waals surface area contributed by atoms with Gasteiger partial charge in [-0.15, -0.1) is 0 Å². The van der Waals surface area contributed by atoms with E-state index in [9.17, 15) is 0 Å². The van der Waals surface area contributed by atoms with E-state index in [4.69, 9.17) is 5.41 Å². The van der Waals surface area contributed by atoms with E-state index in [0.717, 1.165) is 23.1 Å². The summed E-state index contributed by atoms with van der Waals surface area (Å²) >= 11 is 1.73. The average molecular weight is 167 g/mol. The predicted octanol–water partition coefficient (Wildman–Crippen LogP) is 0.777. The van der Waals surface area contributed by atoms with Crippen molar-refractivity contribution in [3.05, 3.63) is 17.2 Å². The number of rotatable bonds is 0. The van der Waals surface area contributed by atoms with Gasteiger partial charge in [-0.05, 0) is 6.92 Å². The van der Waals surface area contributed by atoms with Gasteiger partial charge in [0.15, 0.2) is 5.16 Å². The van der Waals surface area contributed by atoms with Crippen molar-refractivity contribution in [2.75, 3.05) is 5.75 Å². The molecule has 2 rings (SSSR count). The van der Waals surface area contributed by atoms with Crippen LogP contribution < -0.4 is 5.49 Å². The van der Waals surface area contributed by atoms with Gasteiger partial charge in [0.2, 0.25) is 0 Å². The molecule has 0 bridgehead atoms. The maximum absolute atomic E-state index is 7.60. The zero-order chi connectivity index (χ0) is 7.84. The minimum absolute atomic E-state index is 0.581. The molecule has 0 atom stereocenters. The van der Waals surface area contributed by atoms with Crippen molar-refractivity contribution >= 4 is 11.8 Å². The summed E-state index contributed by atoms with van der Waals surface area (Å²) in [4.78, 5) is 4.32. The fourth-order valence-corrected chi connectivity index (χ4v) is 2.19. The number of hydrogen-bond acceptors (Lipinski definition) is 3. The van der Waals surface area contributed by atoms with Crippen LogP contribution in [0.3, 0.4) is 0 Å².